The van der Waals surface area contributed by atoms with Gasteiger partial charge >= 0.3 is 0 Å². The Hall–Kier alpha value is -0.340. The minimum atomic E-state index is -0.487. The number of hydrogen-bond donors (Lipinski definition) is 2. The Bertz CT molecular complexity index is 237. The molecule has 0 radical (unpaired) electrons. The molecule has 0 heterocycles. The van der Waals surface area contributed by atoms with Crippen molar-refractivity contribution in [2.24, 2.45) is 11.3 Å². The normalized spacial score (nSPS) is 47.5. The average molecular weight is 196 g/mol. The lowest BCUT2D eigenvalue weighted by Crippen LogP contribution is -2.17. The first-order chi connectivity index (χ1) is 6.52. The van der Waals surface area contributed by atoms with E-state index >= 15 is 0 Å². The zero-order chi connectivity index (χ0) is 10.3. The smallest absolute Gasteiger partial charge is 0.0804 e. The topological polar surface area (TPSA) is 40.5 Å². The van der Waals surface area contributed by atoms with E-state index in [0.29, 0.717) is 5.92 Å². The molecule has 2 aliphatic carbocycles. The summed E-state index contributed by atoms with van der Waals surface area (Å²) in [6, 6.07) is 0. The minimum Gasteiger partial charge on any atom is -0.390 e. The predicted octanol–water partition coefficient (Wildman–Crippen LogP) is 1.86. The zero-order valence-corrected chi connectivity index (χ0v) is 8.87. The van der Waals surface area contributed by atoms with Crippen molar-refractivity contribution in [3.63, 3.8) is 0 Å². The van der Waals surface area contributed by atoms with Crippen molar-refractivity contribution in [1.82, 2.24) is 0 Å². The van der Waals surface area contributed by atoms with Gasteiger partial charge in [0.25, 0.3) is 0 Å². The molecule has 14 heavy (non-hydrogen) atoms. The summed E-state index contributed by atoms with van der Waals surface area (Å²) in [5.74, 6) is 0.618. The summed E-state index contributed by atoms with van der Waals surface area (Å²) >= 11 is 0. The fourth-order valence-corrected chi connectivity index (χ4v) is 3.24. The van der Waals surface area contributed by atoms with Gasteiger partial charge in [-0.2, -0.15) is 0 Å². The van der Waals surface area contributed by atoms with Crippen molar-refractivity contribution < 1.29 is 10.2 Å². The predicted molar refractivity (Wildman–Crippen MR) is 55.8 cm³/mol. The van der Waals surface area contributed by atoms with Gasteiger partial charge in [-0.1, -0.05) is 12.2 Å². The summed E-state index contributed by atoms with van der Waals surface area (Å²) in [6.45, 7) is 6.09. The van der Waals surface area contributed by atoms with E-state index in [1.807, 2.05) is 0 Å². The van der Waals surface area contributed by atoms with E-state index < -0.39 is 12.2 Å². The maximum absolute atomic E-state index is 9.58. The van der Waals surface area contributed by atoms with E-state index in [9.17, 15) is 10.2 Å². The Balaban J connectivity index is 2.04. The van der Waals surface area contributed by atoms with E-state index in [1.54, 1.807) is 0 Å². The van der Waals surface area contributed by atoms with Crippen LogP contribution in [0.15, 0.2) is 12.2 Å². The van der Waals surface area contributed by atoms with E-state index in [4.69, 9.17) is 0 Å². The van der Waals surface area contributed by atoms with Gasteiger partial charge in [0.1, 0.15) is 0 Å². The van der Waals surface area contributed by atoms with Crippen molar-refractivity contribution >= 4 is 0 Å². The van der Waals surface area contributed by atoms with Gasteiger partial charge < -0.3 is 10.2 Å². The third-order valence-corrected chi connectivity index (χ3v) is 4.13. The Morgan fingerprint density at radius 1 is 1.21 bits per heavy atom. The van der Waals surface area contributed by atoms with Gasteiger partial charge in [-0.3, -0.25) is 0 Å². The van der Waals surface area contributed by atoms with Crippen molar-refractivity contribution in [1.29, 1.82) is 0 Å². The SMILES string of the molecule is C=C(C)C1CCC2(C1)CC(O)C(O)C2. The molecule has 0 aliphatic heterocycles. The first-order valence-electron chi connectivity index (χ1n) is 5.54. The van der Waals surface area contributed by atoms with E-state index in [1.165, 1.54) is 12.0 Å². The summed E-state index contributed by atoms with van der Waals surface area (Å²) in [6.07, 6.45) is 4.07. The summed E-state index contributed by atoms with van der Waals surface area (Å²) in [4.78, 5) is 0. The fourth-order valence-electron chi connectivity index (χ4n) is 3.24. The van der Waals surface area contributed by atoms with Gasteiger partial charge in [-0.25, -0.2) is 0 Å². The standard InChI is InChI=1S/C12H20O2/c1-8(2)9-3-4-12(5-9)6-10(13)11(14)7-12/h9-11,13-14H,1,3-7H2,2H3. The fraction of sp³-hybridized carbons (Fsp3) is 0.833. The summed E-state index contributed by atoms with van der Waals surface area (Å²) in [5.41, 5.74) is 1.49. The van der Waals surface area contributed by atoms with E-state index in [-0.39, 0.29) is 5.41 Å². The molecule has 0 aromatic heterocycles. The van der Waals surface area contributed by atoms with Gasteiger partial charge in [0.05, 0.1) is 12.2 Å². The van der Waals surface area contributed by atoms with Crippen LogP contribution in [0.5, 0.6) is 0 Å². The van der Waals surface area contributed by atoms with Crippen molar-refractivity contribution in [3.8, 4) is 0 Å². The van der Waals surface area contributed by atoms with Crippen LogP contribution in [0.25, 0.3) is 0 Å². The lowest BCUT2D eigenvalue weighted by molar-refractivity contribution is 0.0438. The van der Waals surface area contributed by atoms with Crippen LogP contribution < -0.4 is 0 Å². The van der Waals surface area contributed by atoms with Crippen LogP contribution in [0.2, 0.25) is 0 Å². The maximum atomic E-state index is 9.58. The maximum Gasteiger partial charge on any atom is 0.0804 e. The molecule has 2 rings (SSSR count). The molecule has 2 nitrogen and oxygen atoms in total. The molecule has 0 aromatic rings. The molecule has 3 atom stereocenters. The zero-order valence-electron chi connectivity index (χ0n) is 8.87. The second-order valence-electron chi connectivity index (χ2n) is 5.33. The van der Waals surface area contributed by atoms with E-state index in [0.717, 1.165) is 25.7 Å². The van der Waals surface area contributed by atoms with Crippen LogP contribution >= 0.6 is 0 Å². The third kappa shape index (κ3) is 1.61. The van der Waals surface area contributed by atoms with Crippen molar-refractivity contribution in [2.75, 3.05) is 0 Å². The average Bonchev–Trinajstić information content (AvgIpc) is 2.59. The summed E-state index contributed by atoms with van der Waals surface area (Å²) in [5, 5.41) is 19.2. The second kappa shape index (κ2) is 3.35. The van der Waals surface area contributed by atoms with Crippen molar-refractivity contribution in [3.05, 3.63) is 12.2 Å². The highest BCUT2D eigenvalue weighted by atomic mass is 16.3. The quantitative estimate of drug-likeness (QED) is 0.628. The Labute approximate surface area is 85.6 Å². The summed E-state index contributed by atoms with van der Waals surface area (Å²) < 4.78 is 0. The molecule has 0 saturated heterocycles. The second-order valence-corrected chi connectivity index (χ2v) is 5.33. The van der Waals surface area contributed by atoms with E-state index in [2.05, 4.69) is 13.5 Å². The molecule has 2 heteroatoms. The lowest BCUT2D eigenvalue weighted by atomic mass is 9.82. The molecule has 0 amide bonds. The largest absolute Gasteiger partial charge is 0.390 e. The molecule has 3 unspecified atom stereocenters. The lowest BCUT2D eigenvalue weighted by Gasteiger charge is -2.22. The van der Waals surface area contributed by atoms with Crippen LogP contribution in [0.3, 0.4) is 0 Å². The molecule has 1 spiro atoms. The number of allylic oxidation sites excluding steroid dienone is 1. The number of aliphatic hydroxyl groups is 2. The number of rotatable bonds is 1. The Morgan fingerprint density at radius 2 is 1.79 bits per heavy atom. The molecular weight excluding hydrogens is 176 g/mol. The first-order valence-corrected chi connectivity index (χ1v) is 5.54. The highest BCUT2D eigenvalue weighted by molar-refractivity contribution is 5.07. The van der Waals surface area contributed by atoms with Gasteiger partial charge in [0, 0.05) is 0 Å². The van der Waals surface area contributed by atoms with Crippen LogP contribution in [-0.2, 0) is 0 Å². The van der Waals surface area contributed by atoms with Crippen LogP contribution in [-0.4, -0.2) is 22.4 Å². The van der Waals surface area contributed by atoms with Crippen molar-refractivity contribution in [2.45, 2.75) is 51.2 Å². The highest BCUT2D eigenvalue weighted by Crippen LogP contribution is 2.53. The first kappa shape index (κ1) is 10.2. The van der Waals surface area contributed by atoms with Gasteiger partial charge in [0.2, 0.25) is 0 Å². The minimum absolute atomic E-state index is 0.225. The molecule has 2 N–H and O–H groups in total. The molecule has 2 aliphatic rings. The van der Waals surface area contributed by atoms with Gasteiger partial charge in [-0.05, 0) is 50.4 Å². The van der Waals surface area contributed by atoms with Crippen LogP contribution in [0, 0.1) is 11.3 Å². The monoisotopic (exact) mass is 196 g/mol. The number of hydrogen-bond acceptors (Lipinski definition) is 2. The molecule has 80 valence electrons. The van der Waals surface area contributed by atoms with Gasteiger partial charge in [-0.15, -0.1) is 0 Å². The molecule has 2 fully saturated rings. The van der Waals surface area contributed by atoms with Crippen LogP contribution in [0.1, 0.15) is 39.0 Å². The summed E-state index contributed by atoms with van der Waals surface area (Å²) in [7, 11) is 0. The van der Waals surface area contributed by atoms with Crippen LogP contribution in [0.4, 0.5) is 0 Å². The molecular formula is C12H20O2. The molecule has 0 aromatic carbocycles. The molecule has 2 saturated carbocycles. The highest BCUT2D eigenvalue weighted by Gasteiger charge is 2.48. The Kier molecular flexibility index (Phi) is 2.44. The molecule has 0 bridgehead atoms. The Morgan fingerprint density at radius 3 is 2.21 bits per heavy atom. The third-order valence-electron chi connectivity index (χ3n) is 4.13. The van der Waals surface area contributed by atoms with Gasteiger partial charge in [0.15, 0.2) is 0 Å². The number of aliphatic hydroxyl groups excluding tert-OH is 2.